The number of alkyl carbamates (subject to hydrolysis) is 1. The minimum absolute atomic E-state index is 0.0343. The molecule has 0 aromatic heterocycles. The summed E-state index contributed by atoms with van der Waals surface area (Å²) in [5, 5.41) is 2.51. The molecule has 0 bridgehead atoms. The zero-order chi connectivity index (χ0) is 21.6. The Morgan fingerprint density at radius 2 is 1.86 bits per heavy atom. The number of benzene rings is 1. The van der Waals surface area contributed by atoms with Gasteiger partial charge in [-0.15, -0.1) is 0 Å². The van der Waals surface area contributed by atoms with Crippen LogP contribution in [0, 0.1) is 13.8 Å². The first-order valence-corrected chi connectivity index (χ1v) is 9.29. The Labute approximate surface area is 167 Å². The number of aryl methyl sites for hydroxylation is 2. The number of amides is 1. The van der Waals surface area contributed by atoms with Crippen LogP contribution in [0.25, 0.3) is 5.57 Å². The molecular weight excluding hydrogens is 391 g/mol. The molecule has 0 saturated heterocycles. The zero-order valence-electron chi connectivity index (χ0n) is 16.6. The smallest absolute Gasteiger partial charge is 0.422 e. The van der Waals surface area contributed by atoms with Crippen LogP contribution < -0.4 is 10.1 Å². The quantitative estimate of drug-likeness (QED) is 0.721. The maximum absolute atomic E-state index is 12.7. The van der Waals surface area contributed by atoms with Crippen molar-refractivity contribution in [3.05, 3.63) is 34.6 Å². The normalized spacial score (nSPS) is 17.8. The zero-order valence-corrected chi connectivity index (χ0v) is 16.6. The number of allylic oxidation sites excluding steroid dienone is 1. The Hall–Kier alpha value is -2.71. The van der Waals surface area contributed by atoms with Gasteiger partial charge < -0.3 is 19.5 Å². The van der Waals surface area contributed by atoms with Crippen LogP contribution in [-0.2, 0) is 14.3 Å². The van der Waals surface area contributed by atoms with Crippen LogP contribution in [0.4, 0.5) is 18.0 Å². The lowest BCUT2D eigenvalue weighted by Crippen LogP contribution is -2.25. The molecule has 1 N–H and O–H groups in total. The summed E-state index contributed by atoms with van der Waals surface area (Å²) in [7, 11) is 0. The van der Waals surface area contributed by atoms with E-state index in [0.717, 1.165) is 0 Å². The van der Waals surface area contributed by atoms with Crippen molar-refractivity contribution in [1.29, 1.82) is 0 Å². The van der Waals surface area contributed by atoms with E-state index >= 15 is 0 Å². The van der Waals surface area contributed by atoms with Crippen molar-refractivity contribution < 1.29 is 37.0 Å². The van der Waals surface area contributed by atoms with Crippen molar-refractivity contribution in [2.45, 2.75) is 46.2 Å². The largest absolute Gasteiger partial charge is 0.484 e. The topological polar surface area (TPSA) is 73.9 Å². The third-order valence-electron chi connectivity index (χ3n) is 4.21. The van der Waals surface area contributed by atoms with Gasteiger partial charge >= 0.3 is 18.2 Å². The highest BCUT2D eigenvalue weighted by molar-refractivity contribution is 6.18. The van der Waals surface area contributed by atoms with Gasteiger partial charge in [0.25, 0.3) is 0 Å². The maximum Gasteiger partial charge on any atom is 0.422 e. The molecular formula is C20H24F3NO5. The molecule has 0 spiro atoms. The van der Waals surface area contributed by atoms with E-state index < -0.39 is 24.8 Å². The first kappa shape index (κ1) is 22.6. The lowest BCUT2D eigenvalue weighted by atomic mass is 9.92. The van der Waals surface area contributed by atoms with Gasteiger partial charge in [0.15, 0.2) is 6.61 Å². The number of carbonyl (C=O) groups excluding carboxylic acids is 2. The molecule has 1 aliphatic heterocycles. The minimum atomic E-state index is -4.46. The lowest BCUT2D eigenvalue weighted by molar-refractivity contribution is -0.153. The number of esters is 1. The van der Waals surface area contributed by atoms with Crippen LogP contribution in [0.5, 0.6) is 5.75 Å². The van der Waals surface area contributed by atoms with Gasteiger partial charge in [0.1, 0.15) is 17.1 Å². The molecule has 1 amide bonds. The fraction of sp³-hybridized carbons (Fsp3) is 0.500. The molecule has 6 nitrogen and oxygen atoms in total. The molecule has 9 heteroatoms. The number of ether oxygens (including phenoxy) is 3. The molecule has 0 radical (unpaired) electrons. The number of nitrogens with one attached hydrogen (secondary N) is 1. The first-order valence-electron chi connectivity index (χ1n) is 9.29. The van der Waals surface area contributed by atoms with Crippen molar-refractivity contribution in [2.75, 3.05) is 19.8 Å². The summed E-state index contributed by atoms with van der Waals surface area (Å²) in [6.45, 7) is 4.20. The fourth-order valence-corrected chi connectivity index (χ4v) is 3.07. The summed E-state index contributed by atoms with van der Waals surface area (Å²) in [5.41, 5.74) is 1.57. The number of cyclic esters (lactones) is 1. The van der Waals surface area contributed by atoms with Crippen molar-refractivity contribution >= 4 is 17.6 Å². The van der Waals surface area contributed by atoms with E-state index in [1.54, 1.807) is 20.8 Å². The minimum Gasteiger partial charge on any atom is -0.484 e. The maximum atomic E-state index is 12.7. The summed E-state index contributed by atoms with van der Waals surface area (Å²) in [6, 6.07) is 2.83. The monoisotopic (exact) mass is 415 g/mol. The molecule has 29 heavy (non-hydrogen) atoms. The Morgan fingerprint density at radius 3 is 2.45 bits per heavy atom. The Balaban J connectivity index is 2.49. The van der Waals surface area contributed by atoms with Gasteiger partial charge in [-0.05, 0) is 62.4 Å². The summed E-state index contributed by atoms with van der Waals surface area (Å²) in [6.07, 6.45) is -3.51. The SMILES string of the molecule is CCNC(=O)O/C1=C(\c2c(C)cc(OCC(F)(F)F)cc2C)C(=O)OCCCC1. The number of rotatable bonds is 5. The highest BCUT2D eigenvalue weighted by Gasteiger charge is 2.30. The number of alkyl halides is 3. The number of hydrogen-bond acceptors (Lipinski definition) is 5. The van der Waals surface area contributed by atoms with Crippen LogP contribution in [0.3, 0.4) is 0 Å². The van der Waals surface area contributed by atoms with Crippen molar-refractivity contribution in [1.82, 2.24) is 5.32 Å². The molecule has 1 aromatic rings. The van der Waals surface area contributed by atoms with Crippen molar-refractivity contribution in [3.63, 3.8) is 0 Å². The molecule has 2 rings (SSSR count). The first-order chi connectivity index (χ1) is 13.6. The van der Waals surface area contributed by atoms with Gasteiger partial charge in [-0.3, -0.25) is 0 Å². The molecule has 0 saturated carbocycles. The average Bonchev–Trinajstić information content (AvgIpc) is 2.60. The second kappa shape index (κ2) is 9.67. The standard InChI is InChI=1S/C20H24F3NO5/c1-4-24-19(26)29-15-7-5-6-8-27-18(25)17(15)16-12(2)9-14(10-13(16)3)28-11-20(21,22)23/h9-10H,4-8,11H2,1-3H3,(H,24,26)/b17-15+. The second-order valence-corrected chi connectivity index (χ2v) is 6.65. The van der Waals surface area contributed by atoms with Gasteiger partial charge in [-0.1, -0.05) is 0 Å². The Morgan fingerprint density at radius 1 is 1.21 bits per heavy atom. The Bertz CT molecular complexity index is 779. The van der Waals surface area contributed by atoms with E-state index in [2.05, 4.69) is 5.32 Å². The molecule has 160 valence electrons. The van der Waals surface area contributed by atoms with Crippen LogP contribution in [0.15, 0.2) is 17.9 Å². The molecule has 1 aliphatic rings. The summed E-state index contributed by atoms with van der Waals surface area (Å²) < 4.78 is 52.8. The number of halogens is 3. The van der Waals surface area contributed by atoms with E-state index in [-0.39, 0.29) is 23.7 Å². The lowest BCUT2D eigenvalue weighted by Gasteiger charge is -2.21. The number of hydrogen-bond donors (Lipinski definition) is 1. The van der Waals surface area contributed by atoms with Gasteiger partial charge in [0.05, 0.1) is 6.61 Å². The molecule has 0 unspecified atom stereocenters. The summed E-state index contributed by atoms with van der Waals surface area (Å²) in [5.74, 6) is -0.429. The summed E-state index contributed by atoms with van der Waals surface area (Å²) >= 11 is 0. The van der Waals surface area contributed by atoms with E-state index in [4.69, 9.17) is 14.2 Å². The van der Waals surface area contributed by atoms with Crippen LogP contribution in [0.2, 0.25) is 0 Å². The van der Waals surface area contributed by atoms with Crippen molar-refractivity contribution in [2.24, 2.45) is 0 Å². The molecule has 0 aliphatic carbocycles. The third-order valence-corrected chi connectivity index (χ3v) is 4.21. The highest BCUT2D eigenvalue weighted by Crippen LogP contribution is 2.34. The molecule has 0 atom stereocenters. The van der Waals surface area contributed by atoms with Gasteiger partial charge in [-0.2, -0.15) is 13.2 Å². The van der Waals surface area contributed by atoms with E-state index in [1.807, 2.05) is 0 Å². The highest BCUT2D eigenvalue weighted by atomic mass is 19.4. The van der Waals surface area contributed by atoms with Crippen LogP contribution >= 0.6 is 0 Å². The van der Waals surface area contributed by atoms with Crippen LogP contribution in [-0.4, -0.2) is 38.0 Å². The summed E-state index contributed by atoms with van der Waals surface area (Å²) in [4.78, 5) is 24.6. The van der Waals surface area contributed by atoms with E-state index in [1.165, 1.54) is 12.1 Å². The average molecular weight is 415 g/mol. The van der Waals surface area contributed by atoms with E-state index in [9.17, 15) is 22.8 Å². The number of carbonyl (C=O) groups is 2. The van der Waals surface area contributed by atoms with E-state index in [0.29, 0.717) is 42.5 Å². The fourth-order valence-electron chi connectivity index (χ4n) is 3.07. The molecule has 0 fully saturated rings. The van der Waals surface area contributed by atoms with Crippen molar-refractivity contribution in [3.8, 4) is 5.75 Å². The van der Waals surface area contributed by atoms with Gasteiger partial charge in [-0.25, -0.2) is 9.59 Å². The Kier molecular flexibility index (Phi) is 7.53. The van der Waals surface area contributed by atoms with Gasteiger partial charge in [0.2, 0.25) is 0 Å². The molecule has 1 heterocycles. The predicted molar refractivity (Wildman–Crippen MR) is 99.4 cm³/mol. The third kappa shape index (κ3) is 6.40. The van der Waals surface area contributed by atoms with Crippen LogP contribution in [0.1, 0.15) is 42.9 Å². The second-order valence-electron chi connectivity index (χ2n) is 6.65. The molecule has 1 aromatic carbocycles. The predicted octanol–water partition coefficient (Wildman–Crippen LogP) is 4.43. The van der Waals surface area contributed by atoms with Gasteiger partial charge in [0, 0.05) is 13.0 Å².